The Balaban J connectivity index is 1.75. The van der Waals surface area contributed by atoms with Crippen molar-refractivity contribution in [2.24, 2.45) is 0 Å². The van der Waals surface area contributed by atoms with Crippen molar-refractivity contribution in [3.8, 4) is 5.75 Å². The fourth-order valence-electron chi connectivity index (χ4n) is 5.27. The highest BCUT2D eigenvalue weighted by molar-refractivity contribution is 6.35. The maximum absolute atomic E-state index is 15.7. The third-order valence-electron chi connectivity index (χ3n) is 8.09. The predicted octanol–water partition coefficient (Wildman–Crippen LogP) is 2.14. The van der Waals surface area contributed by atoms with Crippen LogP contribution in [0, 0.1) is 12.7 Å². The van der Waals surface area contributed by atoms with Crippen molar-refractivity contribution in [2.45, 2.75) is 76.8 Å². The van der Waals surface area contributed by atoms with Gasteiger partial charge in [-0.25, -0.2) is 13.8 Å². The lowest BCUT2D eigenvalue weighted by atomic mass is 9.75. The summed E-state index contributed by atoms with van der Waals surface area (Å²) in [6.07, 6.45) is 0.122. The van der Waals surface area contributed by atoms with Gasteiger partial charge in [0.2, 0.25) is 5.75 Å². The number of nitrogens with one attached hydrogen (secondary N) is 1. The van der Waals surface area contributed by atoms with Crippen LogP contribution in [-0.2, 0) is 28.2 Å². The Hall–Kier alpha value is -3.83. The van der Waals surface area contributed by atoms with Gasteiger partial charge in [-0.2, -0.15) is 0 Å². The zero-order valence-electron chi connectivity index (χ0n) is 22.7. The van der Waals surface area contributed by atoms with E-state index in [-0.39, 0.29) is 44.1 Å². The predicted molar refractivity (Wildman–Crippen MR) is 137 cm³/mol. The third kappa shape index (κ3) is 4.87. The number of likely N-dealkylation sites (N-methyl/N-ethyl adjacent to an activating group) is 2. The number of alkyl halides is 1. The van der Waals surface area contributed by atoms with E-state index in [1.165, 1.54) is 36.0 Å². The summed E-state index contributed by atoms with van der Waals surface area (Å²) in [5, 5.41) is 13.2. The molecule has 39 heavy (non-hydrogen) atoms. The minimum Gasteiger partial charge on any atom is -0.501 e. The lowest BCUT2D eigenvalue weighted by Crippen LogP contribution is -2.55. The van der Waals surface area contributed by atoms with Crippen LogP contribution in [-0.4, -0.2) is 68.0 Å². The van der Waals surface area contributed by atoms with E-state index in [1.54, 1.807) is 26.8 Å². The average molecular weight is 546 g/mol. The van der Waals surface area contributed by atoms with Crippen LogP contribution < -0.4 is 10.9 Å². The average Bonchev–Trinajstić information content (AvgIpc) is 3.12. The summed E-state index contributed by atoms with van der Waals surface area (Å²) in [5.41, 5.74) is -3.75. The van der Waals surface area contributed by atoms with E-state index in [0.29, 0.717) is 11.1 Å². The Kier molecular flexibility index (Phi) is 7.26. The van der Waals surface area contributed by atoms with Crippen LogP contribution in [0.4, 0.5) is 8.78 Å². The molecule has 5 rings (SSSR count). The number of nitrogens with zero attached hydrogens (tertiary/aromatic N) is 4. The van der Waals surface area contributed by atoms with Crippen LogP contribution >= 0.6 is 0 Å². The van der Waals surface area contributed by atoms with E-state index in [0.717, 1.165) is 4.57 Å². The number of amides is 3. The Morgan fingerprint density at radius 1 is 1.15 bits per heavy atom. The molecule has 2 aliphatic heterocycles. The molecule has 1 aromatic carbocycles. The molecule has 0 spiro atoms. The molecule has 3 amide bonds. The minimum atomic E-state index is -1.78. The molecule has 10 nitrogen and oxygen atoms in total. The SMILES string of the molecule is Cc1cc(CNC(=O)c2nc3n(c(=O)c2O)CC2(F)CCC3(N(C)C(=O)C(=O)N(C)C(C)C)CC2)ccc1F. The number of hydrogen-bond acceptors (Lipinski definition) is 6. The van der Waals surface area contributed by atoms with Gasteiger partial charge in [-0.05, 0) is 63.6 Å². The number of carbonyl (C=O) groups is 3. The summed E-state index contributed by atoms with van der Waals surface area (Å²) in [4.78, 5) is 59.4. The molecule has 0 saturated heterocycles. The Morgan fingerprint density at radius 2 is 1.79 bits per heavy atom. The number of benzene rings is 1. The van der Waals surface area contributed by atoms with Crippen molar-refractivity contribution in [2.75, 3.05) is 14.1 Å². The molecule has 2 aromatic rings. The molecular formula is C27H33F2N5O5. The first-order chi connectivity index (χ1) is 18.2. The summed E-state index contributed by atoms with van der Waals surface area (Å²) in [6.45, 7) is 4.65. The number of halogens is 2. The Labute approximate surface area is 224 Å². The van der Waals surface area contributed by atoms with Crippen LogP contribution in [0.5, 0.6) is 5.75 Å². The number of aromatic hydroxyl groups is 1. The molecule has 2 bridgehead atoms. The van der Waals surface area contributed by atoms with Crippen LogP contribution in [0.1, 0.15) is 67.0 Å². The number of aromatic nitrogens is 2. The summed E-state index contributed by atoms with van der Waals surface area (Å²) >= 11 is 0. The highest BCUT2D eigenvalue weighted by Gasteiger charge is 2.55. The molecule has 12 heteroatoms. The van der Waals surface area contributed by atoms with Crippen molar-refractivity contribution >= 4 is 17.7 Å². The quantitative estimate of drug-likeness (QED) is 0.555. The van der Waals surface area contributed by atoms with E-state index < -0.39 is 58.3 Å². The second-order valence-electron chi connectivity index (χ2n) is 10.8. The third-order valence-corrected chi connectivity index (χ3v) is 8.09. The molecule has 210 valence electrons. The number of hydrogen-bond donors (Lipinski definition) is 2. The van der Waals surface area contributed by atoms with Gasteiger partial charge in [-0.3, -0.25) is 23.7 Å². The molecule has 3 heterocycles. The van der Waals surface area contributed by atoms with Gasteiger partial charge < -0.3 is 20.2 Å². The highest BCUT2D eigenvalue weighted by Crippen LogP contribution is 2.49. The molecule has 0 radical (unpaired) electrons. The fraction of sp³-hybridized carbons (Fsp3) is 0.519. The van der Waals surface area contributed by atoms with E-state index in [2.05, 4.69) is 10.3 Å². The monoisotopic (exact) mass is 545 g/mol. The van der Waals surface area contributed by atoms with Gasteiger partial charge in [-0.1, -0.05) is 12.1 Å². The topological polar surface area (TPSA) is 125 Å². The van der Waals surface area contributed by atoms with E-state index in [9.17, 15) is 28.7 Å². The van der Waals surface area contributed by atoms with E-state index in [1.807, 2.05) is 0 Å². The normalized spacial score (nSPS) is 21.7. The van der Waals surface area contributed by atoms with Gasteiger partial charge >= 0.3 is 11.8 Å². The van der Waals surface area contributed by atoms with Gasteiger partial charge in [0.25, 0.3) is 11.5 Å². The summed E-state index contributed by atoms with van der Waals surface area (Å²) in [7, 11) is 2.90. The van der Waals surface area contributed by atoms with Crippen molar-refractivity contribution in [1.29, 1.82) is 0 Å². The van der Waals surface area contributed by atoms with Gasteiger partial charge in [0.1, 0.15) is 22.8 Å². The first kappa shape index (κ1) is 28.2. The molecule has 0 unspecified atom stereocenters. The second-order valence-corrected chi connectivity index (χ2v) is 10.8. The van der Waals surface area contributed by atoms with E-state index >= 15 is 4.39 Å². The van der Waals surface area contributed by atoms with Crippen LogP contribution in [0.3, 0.4) is 0 Å². The van der Waals surface area contributed by atoms with E-state index in [4.69, 9.17) is 0 Å². The zero-order valence-corrected chi connectivity index (χ0v) is 22.7. The lowest BCUT2D eigenvalue weighted by Gasteiger charge is -2.44. The van der Waals surface area contributed by atoms with Crippen LogP contribution in [0.2, 0.25) is 0 Å². The van der Waals surface area contributed by atoms with Gasteiger partial charge in [0, 0.05) is 26.7 Å². The molecule has 1 aromatic heterocycles. The van der Waals surface area contributed by atoms with Gasteiger partial charge in [-0.15, -0.1) is 0 Å². The first-order valence-electron chi connectivity index (χ1n) is 12.8. The number of rotatable bonds is 5. The first-order valence-corrected chi connectivity index (χ1v) is 12.8. The maximum atomic E-state index is 15.7. The maximum Gasteiger partial charge on any atom is 0.312 e. The number of fused-ring (bicyclic) bond motifs is 2. The van der Waals surface area contributed by atoms with Gasteiger partial charge in [0.15, 0.2) is 5.69 Å². The fourth-order valence-corrected chi connectivity index (χ4v) is 5.27. The Bertz CT molecular complexity index is 1400. The molecule has 3 aliphatic rings. The zero-order chi connectivity index (χ0) is 28.9. The summed E-state index contributed by atoms with van der Waals surface area (Å²) in [5.74, 6) is -3.90. The minimum absolute atomic E-state index is 0.00611. The molecule has 1 aliphatic carbocycles. The van der Waals surface area contributed by atoms with Crippen molar-refractivity contribution in [3.63, 3.8) is 0 Å². The highest BCUT2D eigenvalue weighted by atomic mass is 19.1. The Morgan fingerprint density at radius 3 is 2.38 bits per heavy atom. The molecule has 1 fully saturated rings. The van der Waals surface area contributed by atoms with Gasteiger partial charge in [0.05, 0.1) is 6.54 Å². The summed E-state index contributed by atoms with van der Waals surface area (Å²) < 4.78 is 30.3. The number of carbonyl (C=O) groups excluding carboxylic acids is 3. The largest absolute Gasteiger partial charge is 0.501 e. The van der Waals surface area contributed by atoms with Crippen molar-refractivity contribution in [1.82, 2.24) is 24.7 Å². The van der Waals surface area contributed by atoms with Crippen molar-refractivity contribution < 1.29 is 28.3 Å². The van der Waals surface area contributed by atoms with Crippen molar-refractivity contribution in [3.05, 3.63) is 57.0 Å². The molecule has 0 atom stereocenters. The van der Waals surface area contributed by atoms with Crippen LogP contribution in [0.25, 0.3) is 0 Å². The van der Waals surface area contributed by atoms with Crippen LogP contribution in [0.15, 0.2) is 23.0 Å². The summed E-state index contributed by atoms with van der Waals surface area (Å²) in [6, 6.07) is 4.05. The molecule has 2 N–H and O–H groups in total. The smallest absolute Gasteiger partial charge is 0.312 e. The second kappa shape index (κ2) is 10.0. The number of aryl methyl sites for hydroxylation is 1. The standard InChI is InChI=1S/C27H33F2N5O5/c1-15(2)32(4)23(38)24(39)33(5)27-10-8-26(29,9-11-27)14-34-22(37)20(35)19(31-25(27)34)21(36)30-13-17-6-7-18(28)16(3)12-17/h6-7,12,15,35H,8-11,13-14H2,1-5H3,(H,30,36). The lowest BCUT2D eigenvalue weighted by molar-refractivity contribution is -0.156. The molecular weight excluding hydrogens is 512 g/mol. The molecule has 1 saturated carbocycles.